The quantitative estimate of drug-likeness (QED) is 0.237. The highest BCUT2D eigenvalue weighted by atomic mass is 32.2. The minimum atomic E-state index is 0.962. The third-order valence-electron chi connectivity index (χ3n) is 3.81. The molecule has 0 saturated heterocycles. The van der Waals surface area contributed by atoms with Crippen LogP contribution in [0.4, 0.5) is 0 Å². The minimum absolute atomic E-state index is 0.962. The van der Waals surface area contributed by atoms with E-state index in [1.165, 1.54) is 93.6 Å². The van der Waals surface area contributed by atoms with Gasteiger partial charge in [-0.2, -0.15) is 23.5 Å². The zero-order chi connectivity index (χ0) is 16.1. The summed E-state index contributed by atoms with van der Waals surface area (Å²) in [5.41, 5.74) is 0. The molecule has 0 unspecified atom stereocenters. The Morgan fingerprint density at radius 2 is 0.909 bits per heavy atom. The van der Waals surface area contributed by atoms with E-state index < -0.39 is 0 Å². The predicted molar refractivity (Wildman–Crippen MR) is 108 cm³/mol. The topological polar surface area (TPSA) is 9.23 Å². The van der Waals surface area contributed by atoms with E-state index in [4.69, 9.17) is 4.74 Å². The summed E-state index contributed by atoms with van der Waals surface area (Å²) in [6, 6.07) is 0. The van der Waals surface area contributed by atoms with Gasteiger partial charge >= 0.3 is 0 Å². The third-order valence-corrected chi connectivity index (χ3v) is 5.78. The molecule has 0 fully saturated rings. The fourth-order valence-corrected chi connectivity index (χ4v) is 3.78. The molecule has 0 heterocycles. The molecule has 134 valence electrons. The minimum Gasteiger partial charge on any atom is -0.381 e. The molecule has 0 saturated carbocycles. The summed E-state index contributed by atoms with van der Waals surface area (Å²) >= 11 is 4.10. The Bertz CT molecular complexity index is 168. The van der Waals surface area contributed by atoms with Gasteiger partial charge < -0.3 is 4.74 Å². The molecule has 0 radical (unpaired) electrons. The molecule has 0 aromatic rings. The first-order valence-electron chi connectivity index (χ1n) is 9.65. The van der Waals surface area contributed by atoms with Crippen molar-refractivity contribution < 1.29 is 4.74 Å². The molecule has 0 aliphatic rings. The van der Waals surface area contributed by atoms with E-state index >= 15 is 0 Å². The SMILES string of the molecule is CCSCCCCCCCCCCCCOCCCSCC. The summed E-state index contributed by atoms with van der Waals surface area (Å²) in [6.45, 7) is 6.41. The standard InChI is InChI=1S/C19H40OS2/c1-3-21-18-14-12-10-8-6-5-7-9-11-13-16-20-17-15-19-22-4-2/h3-19H2,1-2H3. The molecule has 0 atom stereocenters. The van der Waals surface area contributed by atoms with E-state index in [1.807, 2.05) is 11.8 Å². The predicted octanol–water partition coefficient (Wildman–Crippen LogP) is 6.80. The average molecular weight is 349 g/mol. The fourth-order valence-electron chi connectivity index (χ4n) is 2.48. The maximum Gasteiger partial charge on any atom is 0.0473 e. The Hall–Kier alpha value is 0.660. The van der Waals surface area contributed by atoms with Crippen LogP contribution in [0.15, 0.2) is 0 Å². The molecule has 0 rings (SSSR count). The van der Waals surface area contributed by atoms with Crippen LogP contribution in [-0.2, 0) is 4.74 Å². The van der Waals surface area contributed by atoms with E-state index in [-0.39, 0.29) is 0 Å². The second-order valence-corrected chi connectivity index (χ2v) is 8.68. The summed E-state index contributed by atoms with van der Waals surface area (Å²) in [5.74, 6) is 5.14. The Balaban J connectivity index is 2.91. The van der Waals surface area contributed by atoms with Crippen molar-refractivity contribution in [2.75, 3.05) is 36.2 Å². The van der Waals surface area contributed by atoms with Crippen molar-refractivity contribution in [3.63, 3.8) is 0 Å². The molecule has 0 aromatic carbocycles. The monoisotopic (exact) mass is 348 g/mol. The highest BCUT2D eigenvalue weighted by Gasteiger charge is 1.94. The van der Waals surface area contributed by atoms with Crippen LogP contribution >= 0.6 is 23.5 Å². The Kier molecular flexibility index (Phi) is 22.3. The number of rotatable bonds is 19. The van der Waals surface area contributed by atoms with E-state index in [9.17, 15) is 0 Å². The van der Waals surface area contributed by atoms with Gasteiger partial charge in [-0.05, 0) is 42.3 Å². The van der Waals surface area contributed by atoms with Gasteiger partial charge in [0.25, 0.3) is 0 Å². The normalized spacial score (nSPS) is 11.2. The summed E-state index contributed by atoms with van der Waals surface area (Å²) in [5, 5.41) is 0. The van der Waals surface area contributed by atoms with Gasteiger partial charge in [0, 0.05) is 13.2 Å². The smallest absolute Gasteiger partial charge is 0.0473 e. The van der Waals surface area contributed by atoms with E-state index in [2.05, 4.69) is 25.6 Å². The van der Waals surface area contributed by atoms with Gasteiger partial charge in [0.05, 0.1) is 0 Å². The van der Waals surface area contributed by atoms with Crippen molar-refractivity contribution in [3.05, 3.63) is 0 Å². The maximum atomic E-state index is 5.67. The van der Waals surface area contributed by atoms with Crippen LogP contribution < -0.4 is 0 Å². The van der Waals surface area contributed by atoms with Gasteiger partial charge in [-0.15, -0.1) is 0 Å². The zero-order valence-corrected chi connectivity index (χ0v) is 16.9. The molecule has 22 heavy (non-hydrogen) atoms. The first-order valence-corrected chi connectivity index (χ1v) is 12.0. The van der Waals surface area contributed by atoms with E-state index in [0.717, 1.165) is 13.2 Å². The van der Waals surface area contributed by atoms with Crippen molar-refractivity contribution in [3.8, 4) is 0 Å². The number of ether oxygens (including phenoxy) is 1. The zero-order valence-electron chi connectivity index (χ0n) is 15.2. The molecule has 0 bridgehead atoms. The highest BCUT2D eigenvalue weighted by molar-refractivity contribution is 7.99. The first kappa shape index (κ1) is 22.7. The van der Waals surface area contributed by atoms with Gasteiger partial charge in [-0.3, -0.25) is 0 Å². The van der Waals surface area contributed by atoms with Gasteiger partial charge in [0.2, 0.25) is 0 Å². The Morgan fingerprint density at radius 1 is 0.500 bits per heavy atom. The molecule has 0 amide bonds. The largest absolute Gasteiger partial charge is 0.381 e. The van der Waals surface area contributed by atoms with Crippen LogP contribution in [0.3, 0.4) is 0 Å². The van der Waals surface area contributed by atoms with E-state index in [0.29, 0.717) is 0 Å². The van der Waals surface area contributed by atoms with Gasteiger partial charge in [0.1, 0.15) is 0 Å². The van der Waals surface area contributed by atoms with Crippen LogP contribution in [0.5, 0.6) is 0 Å². The summed E-state index contributed by atoms with van der Waals surface area (Å²) in [7, 11) is 0. The van der Waals surface area contributed by atoms with Crippen LogP contribution in [0.2, 0.25) is 0 Å². The van der Waals surface area contributed by atoms with Gasteiger partial charge in [-0.25, -0.2) is 0 Å². The second kappa shape index (κ2) is 21.7. The lowest BCUT2D eigenvalue weighted by Crippen LogP contribution is -1.98. The van der Waals surface area contributed by atoms with E-state index in [1.54, 1.807) is 0 Å². The van der Waals surface area contributed by atoms with Gasteiger partial charge in [-0.1, -0.05) is 65.2 Å². The number of unbranched alkanes of at least 4 members (excludes halogenated alkanes) is 9. The Labute approximate surface area is 149 Å². The van der Waals surface area contributed by atoms with Crippen LogP contribution in [0, 0.1) is 0 Å². The average Bonchev–Trinajstić information content (AvgIpc) is 2.54. The number of hydrogen-bond donors (Lipinski definition) is 0. The maximum absolute atomic E-state index is 5.67. The number of hydrogen-bond acceptors (Lipinski definition) is 3. The molecule has 0 aromatic heterocycles. The molecule has 3 heteroatoms. The molecule has 0 N–H and O–H groups in total. The molecule has 0 spiro atoms. The molecule has 1 nitrogen and oxygen atoms in total. The van der Waals surface area contributed by atoms with Crippen LogP contribution in [0.1, 0.15) is 84.5 Å². The van der Waals surface area contributed by atoms with Crippen molar-refractivity contribution in [1.82, 2.24) is 0 Å². The van der Waals surface area contributed by atoms with Crippen molar-refractivity contribution >= 4 is 23.5 Å². The highest BCUT2D eigenvalue weighted by Crippen LogP contribution is 2.12. The lowest BCUT2D eigenvalue weighted by Gasteiger charge is -2.04. The summed E-state index contributed by atoms with van der Waals surface area (Å²) in [6.07, 6.45) is 15.3. The van der Waals surface area contributed by atoms with Crippen molar-refractivity contribution in [2.24, 2.45) is 0 Å². The van der Waals surface area contributed by atoms with Crippen molar-refractivity contribution in [1.29, 1.82) is 0 Å². The number of thioether (sulfide) groups is 2. The second-order valence-electron chi connectivity index (χ2n) is 5.90. The third kappa shape index (κ3) is 20.7. The summed E-state index contributed by atoms with van der Waals surface area (Å²) in [4.78, 5) is 0. The molecule has 0 aliphatic carbocycles. The molecular formula is C19H40OS2. The first-order chi connectivity index (χ1) is 10.9. The van der Waals surface area contributed by atoms with Gasteiger partial charge in [0.15, 0.2) is 0 Å². The van der Waals surface area contributed by atoms with Crippen LogP contribution in [-0.4, -0.2) is 36.2 Å². The lowest BCUT2D eigenvalue weighted by molar-refractivity contribution is 0.131. The van der Waals surface area contributed by atoms with Crippen LogP contribution in [0.25, 0.3) is 0 Å². The molecular weight excluding hydrogens is 308 g/mol. The summed E-state index contributed by atoms with van der Waals surface area (Å²) < 4.78 is 5.67. The Morgan fingerprint density at radius 3 is 1.45 bits per heavy atom. The van der Waals surface area contributed by atoms with Crippen molar-refractivity contribution in [2.45, 2.75) is 84.5 Å². The fraction of sp³-hybridized carbons (Fsp3) is 1.00. The molecule has 0 aliphatic heterocycles. The lowest BCUT2D eigenvalue weighted by atomic mass is 10.1.